The van der Waals surface area contributed by atoms with Crippen LogP contribution in [0.5, 0.6) is 0 Å². The van der Waals surface area contributed by atoms with Gasteiger partial charge in [0.05, 0.1) is 6.10 Å². The second-order valence-electron chi connectivity index (χ2n) is 3.28. The first-order valence-electron chi connectivity index (χ1n) is 4.14. The van der Waals surface area contributed by atoms with Crippen molar-refractivity contribution in [2.24, 2.45) is 11.7 Å². The average Bonchev–Trinajstić information content (AvgIpc) is 1.97. The monoisotopic (exact) mass is 188 g/mol. The van der Waals surface area contributed by atoms with Gasteiger partial charge in [-0.1, -0.05) is 13.8 Å². The molecule has 0 bridgehead atoms. The number of primary amides is 1. The van der Waals surface area contributed by atoms with Gasteiger partial charge >= 0.3 is 0 Å². The van der Waals surface area contributed by atoms with E-state index < -0.39 is 18.1 Å². The van der Waals surface area contributed by atoms with Crippen LogP contribution in [-0.4, -0.2) is 29.1 Å². The molecule has 76 valence electrons. The molecule has 0 aromatic rings. The van der Waals surface area contributed by atoms with E-state index in [-0.39, 0.29) is 11.8 Å². The fourth-order valence-corrected chi connectivity index (χ4v) is 0.749. The van der Waals surface area contributed by atoms with Gasteiger partial charge in [-0.2, -0.15) is 0 Å². The minimum atomic E-state index is -1.00. The van der Waals surface area contributed by atoms with Gasteiger partial charge in [-0.25, -0.2) is 0 Å². The van der Waals surface area contributed by atoms with Crippen LogP contribution in [0.1, 0.15) is 20.8 Å². The Labute approximate surface area is 77.3 Å². The summed E-state index contributed by atoms with van der Waals surface area (Å²) >= 11 is 0. The molecule has 2 amide bonds. The molecular weight excluding hydrogens is 172 g/mol. The molecule has 2 atom stereocenters. The topological polar surface area (TPSA) is 92.4 Å². The fourth-order valence-electron chi connectivity index (χ4n) is 0.749. The van der Waals surface area contributed by atoms with Gasteiger partial charge in [-0.15, -0.1) is 0 Å². The molecule has 0 saturated heterocycles. The Morgan fingerprint density at radius 3 is 2.00 bits per heavy atom. The number of rotatable bonds is 4. The average molecular weight is 188 g/mol. The van der Waals surface area contributed by atoms with Gasteiger partial charge in [0.25, 0.3) is 0 Å². The van der Waals surface area contributed by atoms with Crippen molar-refractivity contribution in [3.63, 3.8) is 0 Å². The predicted octanol–water partition coefficient (Wildman–Crippen LogP) is -1.01. The number of carbonyl (C=O) groups is 2. The number of aliphatic hydroxyl groups excluding tert-OH is 1. The third-order valence-corrected chi connectivity index (χ3v) is 1.61. The smallest absolute Gasteiger partial charge is 0.242 e. The molecule has 0 spiro atoms. The number of nitrogens with two attached hydrogens (primary N) is 1. The molecule has 0 heterocycles. The Bertz CT molecular complexity index is 202. The Kier molecular flexibility index (Phi) is 4.40. The molecule has 5 heteroatoms. The lowest BCUT2D eigenvalue weighted by Crippen LogP contribution is -2.51. The minimum absolute atomic E-state index is 0.236. The van der Waals surface area contributed by atoms with Crippen molar-refractivity contribution < 1.29 is 14.7 Å². The van der Waals surface area contributed by atoms with Crippen molar-refractivity contribution in [2.45, 2.75) is 32.9 Å². The largest absolute Gasteiger partial charge is 0.391 e. The highest BCUT2D eigenvalue weighted by atomic mass is 16.3. The molecule has 0 rings (SSSR count). The Balaban J connectivity index is 4.27. The minimum Gasteiger partial charge on any atom is -0.391 e. The van der Waals surface area contributed by atoms with E-state index in [0.717, 1.165) is 0 Å². The van der Waals surface area contributed by atoms with Crippen LogP contribution in [-0.2, 0) is 9.59 Å². The third kappa shape index (κ3) is 3.89. The summed E-state index contributed by atoms with van der Waals surface area (Å²) in [4.78, 5) is 21.9. The summed E-state index contributed by atoms with van der Waals surface area (Å²) in [6.07, 6.45) is -0.972. The summed E-state index contributed by atoms with van der Waals surface area (Å²) in [6.45, 7) is 4.78. The van der Waals surface area contributed by atoms with Gasteiger partial charge in [-0.05, 0) is 6.92 Å². The molecule has 0 aromatic carbocycles. The van der Waals surface area contributed by atoms with Crippen LogP contribution >= 0.6 is 0 Å². The number of hydrogen-bond donors (Lipinski definition) is 3. The Morgan fingerprint density at radius 2 is 1.77 bits per heavy atom. The van der Waals surface area contributed by atoms with Gasteiger partial charge in [0.15, 0.2) is 0 Å². The van der Waals surface area contributed by atoms with Crippen molar-refractivity contribution in [2.75, 3.05) is 0 Å². The summed E-state index contributed by atoms with van der Waals surface area (Å²) in [5.74, 6) is -1.27. The molecular formula is C8H16N2O3. The van der Waals surface area contributed by atoms with Crippen molar-refractivity contribution in [1.29, 1.82) is 0 Å². The maximum absolute atomic E-state index is 11.1. The van der Waals surface area contributed by atoms with Gasteiger partial charge in [-0.3, -0.25) is 9.59 Å². The highest BCUT2D eigenvalue weighted by Crippen LogP contribution is 1.96. The molecule has 0 radical (unpaired) electrons. The zero-order valence-electron chi connectivity index (χ0n) is 8.07. The lowest BCUT2D eigenvalue weighted by Gasteiger charge is -2.19. The maximum atomic E-state index is 11.1. The van der Waals surface area contributed by atoms with Gasteiger partial charge in [0, 0.05) is 5.92 Å². The van der Waals surface area contributed by atoms with E-state index in [1.807, 2.05) is 0 Å². The molecule has 0 aliphatic carbocycles. The van der Waals surface area contributed by atoms with Crippen molar-refractivity contribution in [1.82, 2.24) is 5.32 Å². The molecule has 4 N–H and O–H groups in total. The molecule has 0 aliphatic rings. The lowest BCUT2D eigenvalue weighted by atomic mass is 10.1. The normalized spacial score (nSPS) is 15.2. The maximum Gasteiger partial charge on any atom is 0.242 e. The number of amides is 2. The van der Waals surface area contributed by atoms with E-state index in [0.29, 0.717) is 0 Å². The van der Waals surface area contributed by atoms with Crippen LogP contribution in [0.25, 0.3) is 0 Å². The molecule has 0 aromatic heterocycles. The lowest BCUT2D eigenvalue weighted by molar-refractivity contribution is -0.131. The molecule has 5 nitrogen and oxygen atoms in total. The third-order valence-electron chi connectivity index (χ3n) is 1.61. The zero-order chi connectivity index (χ0) is 10.6. The summed E-state index contributed by atoms with van der Waals surface area (Å²) in [5.41, 5.74) is 4.97. The molecule has 0 fully saturated rings. The highest BCUT2D eigenvalue weighted by molar-refractivity contribution is 5.87. The Morgan fingerprint density at radius 1 is 1.31 bits per heavy atom. The van der Waals surface area contributed by atoms with Gasteiger partial charge < -0.3 is 16.2 Å². The van der Waals surface area contributed by atoms with Crippen molar-refractivity contribution in [3.8, 4) is 0 Å². The molecule has 0 aliphatic heterocycles. The standard InChI is InChI=1S/C8H16N2O3/c1-4(2)8(13)10-6(5(3)11)7(9)12/h4-6,11H,1-3H3,(H2,9,12)(H,10,13). The quantitative estimate of drug-likeness (QED) is 0.528. The summed E-state index contributed by atoms with van der Waals surface area (Å²) in [6, 6.07) is -1.00. The first-order valence-corrected chi connectivity index (χ1v) is 4.14. The van der Waals surface area contributed by atoms with Gasteiger partial charge in [0.1, 0.15) is 6.04 Å². The van der Waals surface area contributed by atoms with E-state index >= 15 is 0 Å². The summed E-state index contributed by atoms with van der Waals surface area (Å²) in [5, 5.41) is 11.4. The number of hydrogen-bond acceptors (Lipinski definition) is 3. The van der Waals surface area contributed by atoms with Crippen molar-refractivity contribution in [3.05, 3.63) is 0 Å². The van der Waals surface area contributed by atoms with Crippen LogP contribution in [0.15, 0.2) is 0 Å². The second kappa shape index (κ2) is 4.81. The first kappa shape index (κ1) is 11.9. The zero-order valence-corrected chi connectivity index (χ0v) is 8.07. The second-order valence-corrected chi connectivity index (χ2v) is 3.28. The molecule has 2 unspecified atom stereocenters. The molecule has 13 heavy (non-hydrogen) atoms. The molecule has 0 saturated carbocycles. The van der Waals surface area contributed by atoms with Crippen LogP contribution in [0.4, 0.5) is 0 Å². The van der Waals surface area contributed by atoms with Crippen LogP contribution < -0.4 is 11.1 Å². The van der Waals surface area contributed by atoms with E-state index in [4.69, 9.17) is 10.8 Å². The van der Waals surface area contributed by atoms with Crippen molar-refractivity contribution >= 4 is 11.8 Å². The van der Waals surface area contributed by atoms with Crippen LogP contribution in [0.3, 0.4) is 0 Å². The van der Waals surface area contributed by atoms with Crippen LogP contribution in [0, 0.1) is 5.92 Å². The van der Waals surface area contributed by atoms with E-state index in [1.54, 1.807) is 13.8 Å². The fraction of sp³-hybridized carbons (Fsp3) is 0.750. The number of aliphatic hydroxyl groups is 1. The van der Waals surface area contributed by atoms with E-state index in [2.05, 4.69) is 5.32 Å². The van der Waals surface area contributed by atoms with Crippen LogP contribution in [0.2, 0.25) is 0 Å². The van der Waals surface area contributed by atoms with E-state index in [1.165, 1.54) is 6.92 Å². The predicted molar refractivity (Wildman–Crippen MR) is 47.6 cm³/mol. The highest BCUT2D eigenvalue weighted by Gasteiger charge is 2.23. The number of nitrogens with one attached hydrogen (secondary N) is 1. The van der Waals surface area contributed by atoms with E-state index in [9.17, 15) is 9.59 Å². The van der Waals surface area contributed by atoms with Gasteiger partial charge in [0.2, 0.25) is 11.8 Å². The summed E-state index contributed by atoms with van der Waals surface area (Å²) < 4.78 is 0. The number of carbonyl (C=O) groups excluding carboxylic acids is 2. The Hall–Kier alpha value is -1.10. The summed E-state index contributed by atoms with van der Waals surface area (Å²) in [7, 11) is 0. The SMILES string of the molecule is CC(C)C(=O)NC(C(N)=O)C(C)O. The first-order chi connectivity index (χ1) is 5.86.